The predicted molar refractivity (Wildman–Crippen MR) is 52.2 cm³/mol. The zero-order chi connectivity index (χ0) is 9.80. The minimum Gasteiger partial charge on any atom is -0.264 e. The van der Waals surface area contributed by atoms with Crippen LogP contribution in [0.1, 0.15) is 5.69 Å². The van der Waals surface area contributed by atoms with Gasteiger partial charge in [-0.1, -0.05) is 6.07 Å². The summed E-state index contributed by atoms with van der Waals surface area (Å²) in [5, 5.41) is 8.68. The van der Waals surface area contributed by atoms with E-state index in [2.05, 4.69) is 9.97 Å². The molecule has 0 amide bonds. The smallest absolute Gasteiger partial charge is 0.141 e. The van der Waals surface area contributed by atoms with E-state index in [0.29, 0.717) is 5.69 Å². The number of nitrogens with zero attached hydrogens (tertiary/aromatic N) is 3. The zero-order valence-corrected chi connectivity index (χ0v) is 7.38. The lowest BCUT2D eigenvalue weighted by Gasteiger charge is -1.99. The fourth-order valence-electron chi connectivity index (χ4n) is 1.20. The molecule has 2 rings (SSSR count). The maximum absolute atomic E-state index is 8.68. The molecule has 14 heavy (non-hydrogen) atoms. The molecule has 2 aromatic rings. The fourth-order valence-corrected chi connectivity index (χ4v) is 1.20. The van der Waals surface area contributed by atoms with Crippen molar-refractivity contribution in [2.45, 2.75) is 0 Å². The number of nitriles is 1. The summed E-state index contributed by atoms with van der Waals surface area (Å²) in [5.74, 6) is 0. The minimum absolute atomic E-state index is 0.423. The Morgan fingerprint density at radius 2 is 2.07 bits per heavy atom. The first kappa shape index (κ1) is 8.39. The number of aromatic nitrogens is 2. The summed E-state index contributed by atoms with van der Waals surface area (Å²) in [6.07, 6.45) is 5.10. The number of rotatable bonds is 1. The molecule has 0 spiro atoms. The highest BCUT2D eigenvalue weighted by Gasteiger charge is 1.98. The van der Waals surface area contributed by atoms with Gasteiger partial charge in [0.15, 0.2) is 0 Å². The molecule has 2 heterocycles. The first-order valence-electron chi connectivity index (χ1n) is 4.17. The van der Waals surface area contributed by atoms with E-state index in [1.54, 1.807) is 24.7 Å². The Bertz CT molecular complexity index is 471. The monoisotopic (exact) mass is 181 g/mol. The van der Waals surface area contributed by atoms with Crippen LogP contribution in [-0.4, -0.2) is 9.97 Å². The Kier molecular flexibility index (Phi) is 2.20. The van der Waals surface area contributed by atoms with Crippen LogP contribution in [0.15, 0.2) is 42.9 Å². The molecular weight excluding hydrogens is 174 g/mol. The van der Waals surface area contributed by atoms with Crippen LogP contribution in [0, 0.1) is 11.3 Å². The molecule has 0 unspecified atom stereocenters. The van der Waals surface area contributed by atoms with Crippen molar-refractivity contribution in [1.82, 2.24) is 9.97 Å². The van der Waals surface area contributed by atoms with Crippen LogP contribution < -0.4 is 0 Å². The predicted octanol–water partition coefficient (Wildman–Crippen LogP) is 2.02. The molecule has 0 bridgehead atoms. The van der Waals surface area contributed by atoms with Crippen LogP contribution in [0.2, 0.25) is 0 Å². The van der Waals surface area contributed by atoms with Crippen molar-refractivity contribution in [2.75, 3.05) is 0 Å². The summed E-state index contributed by atoms with van der Waals surface area (Å²) < 4.78 is 0. The average Bonchev–Trinajstić information content (AvgIpc) is 2.30. The molecule has 0 saturated heterocycles. The molecule has 3 heteroatoms. The highest BCUT2D eigenvalue weighted by Crippen LogP contribution is 2.17. The van der Waals surface area contributed by atoms with Crippen molar-refractivity contribution in [3.63, 3.8) is 0 Å². The molecule has 0 saturated carbocycles. The second-order valence-electron chi connectivity index (χ2n) is 2.78. The third kappa shape index (κ3) is 1.59. The largest absolute Gasteiger partial charge is 0.264 e. The molecule has 0 N–H and O–H groups in total. The van der Waals surface area contributed by atoms with Gasteiger partial charge in [0.1, 0.15) is 11.8 Å². The third-order valence-electron chi connectivity index (χ3n) is 1.87. The normalized spacial score (nSPS) is 9.36. The minimum atomic E-state index is 0.423. The molecule has 0 aliphatic carbocycles. The van der Waals surface area contributed by atoms with E-state index >= 15 is 0 Å². The van der Waals surface area contributed by atoms with Crippen molar-refractivity contribution in [1.29, 1.82) is 5.26 Å². The first-order chi connectivity index (χ1) is 6.90. The molecule has 0 aliphatic rings. The second-order valence-corrected chi connectivity index (χ2v) is 2.78. The Morgan fingerprint density at radius 3 is 2.79 bits per heavy atom. The van der Waals surface area contributed by atoms with Gasteiger partial charge in [0, 0.05) is 24.2 Å². The molecule has 2 aromatic heterocycles. The van der Waals surface area contributed by atoms with Gasteiger partial charge in [-0.15, -0.1) is 0 Å². The number of pyridine rings is 2. The van der Waals surface area contributed by atoms with Crippen LogP contribution in [-0.2, 0) is 0 Å². The van der Waals surface area contributed by atoms with Crippen molar-refractivity contribution in [2.24, 2.45) is 0 Å². The maximum atomic E-state index is 8.68. The molecule has 0 fully saturated rings. The molecular formula is C11H7N3. The molecule has 3 nitrogen and oxygen atoms in total. The fraction of sp³-hybridized carbons (Fsp3) is 0. The van der Waals surface area contributed by atoms with Crippen molar-refractivity contribution in [3.8, 4) is 17.2 Å². The van der Waals surface area contributed by atoms with Crippen LogP contribution >= 0.6 is 0 Å². The standard InChI is InChI=1S/C11H7N3/c12-7-11-6-9(3-5-14-11)10-2-1-4-13-8-10/h1-6,8H. The third-order valence-corrected chi connectivity index (χ3v) is 1.87. The lowest BCUT2D eigenvalue weighted by Crippen LogP contribution is -1.84. The van der Waals surface area contributed by atoms with Gasteiger partial charge in [-0.3, -0.25) is 4.98 Å². The number of hydrogen-bond donors (Lipinski definition) is 0. The molecule has 0 atom stereocenters. The summed E-state index contributed by atoms with van der Waals surface area (Å²) >= 11 is 0. The Hall–Kier alpha value is -2.21. The topological polar surface area (TPSA) is 49.6 Å². The highest BCUT2D eigenvalue weighted by atomic mass is 14.7. The van der Waals surface area contributed by atoms with Crippen LogP contribution in [0.3, 0.4) is 0 Å². The SMILES string of the molecule is N#Cc1cc(-c2cccnc2)ccn1. The first-order valence-corrected chi connectivity index (χ1v) is 4.17. The summed E-state index contributed by atoms with van der Waals surface area (Å²) in [4.78, 5) is 7.92. The van der Waals surface area contributed by atoms with Crippen LogP contribution in [0.4, 0.5) is 0 Å². The van der Waals surface area contributed by atoms with Gasteiger partial charge in [-0.25, -0.2) is 4.98 Å². The van der Waals surface area contributed by atoms with E-state index < -0.39 is 0 Å². The van der Waals surface area contributed by atoms with Gasteiger partial charge in [-0.2, -0.15) is 5.26 Å². The lowest BCUT2D eigenvalue weighted by atomic mass is 10.1. The Labute approximate surface area is 81.7 Å². The average molecular weight is 181 g/mol. The van der Waals surface area contributed by atoms with Gasteiger partial charge in [-0.05, 0) is 23.8 Å². The Balaban J connectivity index is 2.49. The summed E-state index contributed by atoms with van der Waals surface area (Å²) in [5.41, 5.74) is 2.38. The van der Waals surface area contributed by atoms with Crippen molar-refractivity contribution < 1.29 is 0 Å². The van der Waals surface area contributed by atoms with E-state index in [9.17, 15) is 0 Å². The van der Waals surface area contributed by atoms with Crippen LogP contribution in [0.25, 0.3) is 11.1 Å². The Morgan fingerprint density at radius 1 is 1.14 bits per heavy atom. The van der Waals surface area contributed by atoms with E-state index in [1.165, 1.54) is 0 Å². The van der Waals surface area contributed by atoms with E-state index in [0.717, 1.165) is 11.1 Å². The molecule has 0 aliphatic heterocycles. The van der Waals surface area contributed by atoms with Gasteiger partial charge < -0.3 is 0 Å². The van der Waals surface area contributed by atoms with E-state index in [-0.39, 0.29) is 0 Å². The van der Waals surface area contributed by atoms with E-state index in [1.807, 2.05) is 24.3 Å². The quantitative estimate of drug-likeness (QED) is 0.676. The summed E-state index contributed by atoms with van der Waals surface area (Å²) in [6.45, 7) is 0. The highest BCUT2D eigenvalue weighted by molar-refractivity contribution is 5.62. The van der Waals surface area contributed by atoms with Crippen molar-refractivity contribution in [3.05, 3.63) is 48.5 Å². The van der Waals surface area contributed by atoms with Gasteiger partial charge >= 0.3 is 0 Å². The van der Waals surface area contributed by atoms with Gasteiger partial charge in [0.05, 0.1) is 0 Å². The molecule has 0 radical (unpaired) electrons. The number of hydrogen-bond acceptors (Lipinski definition) is 3. The van der Waals surface area contributed by atoms with Gasteiger partial charge in [0.25, 0.3) is 0 Å². The molecule has 66 valence electrons. The molecule has 0 aromatic carbocycles. The second kappa shape index (κ2) is 3.67. The lowest BCUT2D eigenvalue weighted by molar-refractivity contribution is 1.26. The van der Waals surface area contributed by atoms with E-state index in [4.69, 9.17) is 5.26 Å². The van der Waals surface area contributed by atoms with Crippen LogP contribution in [0.5, 0.6) is 0 Å². The van der Waals surface area contributed by atoms with Gasteiger partial charge in [0.2, 0.25) is 0 Å². The summed E-state index contributed by atoms with van der Waals surface area (Å²) in [7, 11) is 0. The van der Waals surface area contributed by atoms with Crippen molar-refractivity contribution >= 4 is 0 Å². The zero-order valence-electron chi connectivity index (χ0n) is 7.38. The maximum Gasteiger partial charge on any atom is 0.141 e. The summed E-state index contributed by atoms with van der Waals surface area (Å²) in [6, 6.07) is 9.42.